The van der Waals surface area contributed by atoms with Crippen LogP contribution in [0.25, 0.3) is 0 Å². The molecule has 1 amide bonds. The van der Waals surface area contributed by atoms with Gasteiger partial charge in [0.05, 0.1) is 6.61 Å². The third-order valence-electron chi connectivity index (χ3n) is 2.87. The SMILES string of the molecule is Cc1cc(NC(=O)COC(=O)CCCOc2ccc(Br)cc2)no1. The lowest BCUT2D eigenvalue weighted by Gasteiger charge is -2.06. The molecule has 0 atom stereocenters. The highest BCUT2D eigenvalue weighted by Crippen LogP contribution is 2.16. The van der Waals surface area contributed by atoms with Gasteiger partial charge in [-0.25, -0.2) is 0 Å². The van der Waals surface area contributed by atoms with Crippen LogP contribution >= 0.6 is 15.9 Å². The number of nitrogens with one attached hydrogen (secondary N) is 1. The molecule has 128 valence electrons. The number of hydrogen-bond acceptors (Lipinski definition) is 6. The fraction of sp³-hybridized carbons (Fsp3) is 0.312. The van der Waals surface area contributed by atoms with Gasteiger partial charge < -0.3 is 19.3 Å². The predicted octanol–water partition coefficient (Wildman–Crippen LogP) is 3.09. The second-order valence-electron chi connectivity index (χ2n) is 4.94. The van der Waals surface area contributed by atoms with Crippen LogP contribution in [-0.2, 0) is 14.3 Å². The topological polar surface area (TPSA) is 90.7 Å². The largest absolute Gasteiger partial charge is 0.494 e. The Balaban J connectivity index is 1.57. The number of hydrogen-bond donors (Lipinski definition) is 1. The van der Waals surface area contributed by atoms with Gasteiger partial charge in [-0.15, -0.1) is 0 Å². The summed E-state index contributed by atoms with van der Waals surface area (Å²) in [5.41, 5.74) is 0. The number of nitrogens with zero attached hydrogens (tertiary/aromatic N) is 1. The van der Waals surface area contributed by atoms with Crippen LogP contribution in [0.5, 0.6) is 5.75 Å². The highest BCUT2D eigenvalue weighted by atomic mass is 79.9. The van der Waals surface area contributed by atoms with Gasteiger partial charge in [0.2, 0.25) is 0 Å². The minimum absolute atomic E-state index is 0.173. The number of aromatic nitrogens is 1. The summed E-state index contributed by atoms with van der Waals surface area (Å²) in [6.45, 7) is 1.73. The Morgan fingerprint density at radius 2 is 2.04 bits per heavy atom. The van der Waals surface area contributed by atoms with Gasteiger partial charge in [-0.05, 0) is 37.6 Å². The molecule has 0 radical (unpaired) electrons. The fourth-order valence-corrected chi connectivity index (χ4v) is 2.02. The van der Waals surface area contributed by atoms with E-state index in [4.69, 9.17) is 14.0 Å². The highest BCUT2D eigenvalue weighted by molar-refractivity contribution is 9.10. The van der Waals surface area contributed by atoms with Gasteiger partial charge in [-0.1, -0.05) is 21.1 Å². The summed E-state index contributed by atoms with van der Waals surface area (Å²) in [5.74, 6) is 0.669. The van der Waals surface area contributed by atoms with Crippen molar-refractivity contribution in [1.82, 2.24) is 5.16 Å². The van der Waals surface area contributed by atoms with Crippen LogP contribution < -0.4 is 10.1 Å². The lowest BCUT2D eigenvalue weighted by molar-refractivity contribution is -0.147. The first-order valence-corrected chi connectivity index (χ1v) is 8.09. The minimum Gasteiger partial charge on any atom is -0.494 e. The average Bonchev–Trinajstić information content (AvgIpc) is 2.96. The minimum atomic E-state index is -0.470. The second-order valence-corrected chi connectivity index (χ2v) is 5.85. The summed E-state index contributed by atoms with van der Waals surface area (Å²) in [7, 11) is 0. The maximum atomic E-state index is 11.6. The zero-order chi connectivity index (χ0) is 17.4. The number of amides is 1. The molecule has 1 aromatic carbocycles. The molecule has 0 saturated heterocycles. The third-order valence-corrected chi connectivity index (χ3v) is 3.40. The summed E-state index contributed by atoms with van der Waals surface area (Å²) >= 11 is 3.34. The maximum absolute atomic E-state index is 11.6. The van der Waals surface area contributed by atoms with Crippen molar-refractivity contribution in [3.63, 3.8) is 0 Å². The smallest absolute Gasteiger partial charge is 0.306 e. The van der Waals surface area contributed by atoms with Gasteiger partial charge in [-0.2, -0.15) is 0 Å². The first-order chi connectivity index (χ1) is 11.5. The summed E-state index contributed by atoms with van der Waals surface area (Å²) in [5, 5.41) is 6.07. The van der Waals surface area contributed by atoms with E-state index in [1.165, 1.54) is 0 Å². The van der Waals surface area contributed by atoms with E-state index in [0.29, 0.717) is 18.8 Å². The molecule has 0 aliphatic rings. The highest BCUT2D eigenvalue weighted by Gasteiger charge is 2.10. The van der Waals surface area contributed by atoms with E-state index in [9.17, 15) is 9.59 Å². The quantitative estimate of drug-likeness (QED) is 0.544. The number of anilines is 1. The lowest BCUT2D eigenvalue weighted by Crippen LogP contribution is -2.21. The Morgan fingerprint density at radius 3 is 2.71 bits per heavy atom. The number of halogens is 1. The van der Waals surface area contributed by atoms with E-state index in [-0.39, 0.29) is 18.8 Å². The van der Waals surface area contributed by atoms with Crippen molar-refractivity contribution in [2.45, 2.75) is 19.8 Å². The molecule has 7 nitrogen and oxygen atoms in total. The van der Waals surface area contributed by atoms with Crippen LogP contribution in [0.3, 0.4) is 0 Å². The molecule has 1 N–H and O–H groups in total. The molecule has 0 unspecified atom stereocenters. The third kappa shape index (κ3) is 6.41. The summed E-state index contributed by atoms with van der Waals surface area (Å²) < 4.78 is 16.2. The Hall–Kier alpha value is -2.35. The van der Waals surface area contributed by atoms with Gasteiger partial charge in [0.25, 0.3) is 5.91 Å². The standard InChI is InChI=1S/C16H17BrN2O5/c1-11-9-14(19-24-11)18-15(20)10-23-16(21)3-2-8-22-13-6-4-12(17)5-7-13/h4-7,9H,2-3,8,10H2,1H3,(H,18,19,20). The van der Waals surface area contributed by atoms with Gasteiger partial charge in [0.1, 0.15) is 11.5 Å². The normalized spacial score (nSPS) is 10.2. The summed E-state index contributed by atoms with van der Waals surface area (Å²) in [6, 6.07) is 8.98. The molecule has 0 aliphatic carbocycles. The van der Waals surface area contributed by atoms with Crippen LogP contribution in [0.4, 0.5) is 5.82 Å². The van der Waals surface area contributed by atoms with Crippen molar-refractivity contribution in [2.24, 2.45) is 0 Å². The van der Waals surface area contributed by atoms with Gasteiger partial charge in [0.15, 0.2) is 12.4 Å². The Kier molecular flexibility index (Phi) is 6.80. The molecule has 24 heavy (non-hydrogen) atoms. The van der Waals surface area contributed by atoms with E-state index in [1.54, 1.807) is 13.0 Å². The van der Waals surface area contributed by atoms with Gasteiger partial charge in [-0.3, -0.25) is 9.59 Å². The number of ether oxygens (including phenoxy) is 2. The van der Waals surface area contributed by atoms with Crippen LogP contribution in [0.15, 0.2) is 39.3 Å². The van der Waals surface area contributed by atoms with Crippen LogP contribution in [0, 0.1) is 6.92 Å². The van der Waals surface area contributed by atoms with E-state index >= 15 is 0 Å². The Bertz CT molecular complexity index is 684. The van der Waals surface area contributed by atoms with Crippen molar-refractivity contribution < 1.29 is 23.6 Å². The van der Waals surface area contributed by atoms with Crippen molar-refractivity contribution in [3.8, 4) is 5.75 Å². The molecule has 0 spiro atoms. The predicted molar refractivity (Wildman–Crippen MR) is 89.7 cm³/mol. The fourth-order valence-electron chi connectivity index (χ4n) is 1.76. The van der Waals surface area contributed by atoms with E-state index < -0.39 is 11.9 Å². The van der Waals surface area contributed by atoms with Crippen molar-refractivity contribution >= 4 is 33.6 Å². The molecule has 0 fully saturated rings. The molecule has 1 aromatic heterocycles. The molecular weight excluding hydrogens is 380 g/mol. The summed E-state index contributed by atoms with van der Waals surface area (Å²) in [6.07, 6.45) is 0.672. The summed E-state index contributed by atoms with van der Waals surface area (Å²) in [4.78, 5) is 23.1. The maximum Gasteiger partial charge on any atom is 0.306 e. The van der Waals surface area contributed by atoms with Crippen LogP contribution in [-0.4, -0.2) is 30.2 Å². The number of carbonyl (C=O) groups is 2. The van der Waals surface area contributed by atoms with E-state index in [2.05, 4.69) is 26.4 Å². The zero-order valence-corrected chi connectivity index (χ0v) is 14.7. The number of rotatable bonds is 8. The Morgan fingerprint density at radius 1 is 1.29 bits per heavy atom. The molecule has 2 rings (SSSR count). The van der Waals surface area contributed by atoms with Gasteiger partial charge >= 0.3 is 5.97 Å². The van der Waals surface area contributed by atoms with Gasteiger partial charge in [0, 0.05) is 17.0 Å². The first kappa shape index (κ1) is 18.0. The van der Waals surface area contributed by atoms with Crippen molar-refractivity contribution in [3.05, 3.63) is 40.6 Å². The molecule has 0 bridgehead atoms. The molecule has 2 aromatic rings. The van der Waals surface area contributed by atoms with Crippen LogP contribution in [0.2, 0.25) is 0 Å². The van der Waals surface area contributed by atoms with Crippen molar-refractivity contribution in [2.75, 3.05) is 18.5 Å². The second kappa shape index (κ2) is 9.07. The molecule has 8 heteroatoms. The van der Waals surface area contributed by atoms with Crippen LogP contribution in [0.1, 0.15) is 18.6 Å². The zero-order valence-electron chi connectivity index (χ0n) is 13.1. The molecule has 0 saturated carbocycles. The number of benzene rings is 1. The number of esters is 1. The first-order valence-electron chi connectivity index (χ1n) is 7.30. The molecule has 1 heterocycles. The Labute approximate surface area is 147 Å². The number of aryl methyl sites for hydroxylation is 1. The van der Waals surface area contributed by atoms with E-state index in [0.717, 1.165) is 10.2 Å². The van der Waals surface area contributed by atoms with E-state index in [1.807, 2.05) is 24.3 Å². The monoisotopic (exact) mass is 396 g/mol. The average molecular weight is 397 g/mol. The molecule has 0 aliphatic heterocycles. The lowest BCUT2D eigenvalue weighted by atomic mass is 10.3. The number of carbonyl (C=O) groups excluding carboxylic acids is 2. The van der Waals surface area contributed by atoms with Crippen molar-refractivity contribution in [1.29, 1.82) is 0 Å². The molecular formula is C16H17BrN2O5.